The van der Waals surface area contributed by atoms with Gasteiger partial charge in [0.2, 0.25) is 0 Å². The number of aliphatic hydroxyl groups excluding tert-OH is 2. The van der Waals surface area contributed by atoms with Gasteiger partial charge in [-0.05, 0) is 29.7 Å². The second kappa shape index (κ2) is 4.40. The number of ketones is 1. The van der Waals surface area contributed by atoms with Crippen molar-refractivity contribution >= 4 is 5.78 Å². The molecule has 2 aliphatic carbocycles. The number of hydrogen-bond acceptors (Lipinski definition) is 4. The second-order valence-electron chi connectivity index (χ2n) is 5.80. The van der Waals surface area contributed by atoms with Crippen molar-refractivity contribution in [2.75, 3.05) is 6.61 Å². The molecule has 0 radical (unpaired) electrons. The van der Waals surface area contributed by atoms with E-state index in [9.17, 15) is 20.1 Å². The molecule has 4 nitrogen and oxygen atoms in total. The van der Waals surface area contributed by atoms with Gasteiger partial charge in [0, 0.05) is 11.3 Å². The first kappa shape index (κ1) is 14.2. The lowest BCUT2D eigenvalue weighted by atomic mass is 9.57. The Morgan fingerprint density at radius 1 is 1.53 bits per heavy atom. The summed E-state index contributed by atoms with van der Waals surface area (Å²) in [6.07, 6.45) is 3.82. The monoisotopic (exact) mass is 264 g/mol. The molecule has 0 saturated carbocycles. The summed E-state index contributed by atoms with van der Waals surface area (Å²) in [7, 11) is 0. The SMILES string of the molecule is C=C(CO)C1(O)CC2(C)C(=CC1O)C=CC(=O)C2C. The molecule has 0 amide bonds. The Balaban J connectivity index is 2.52. The Bertz CT molecular complexity index is 490. The summed E-state index contributed by atoms with van der Waals surface area (Å²) in [4.78, 5) is 11.9. The molecule has 4 atom stereocenters. The summed E-state index contributed by atoms with van der Waals surface area (Å²) in [5.74, 6) is -0.276. The molecular weight excluding hydrogens is 244 g/mol. The van der Waals surface area contributed by atoms with Crippen LogP contribution in [0.1, 0.15) is 20.3 Å². The van der Waals surface area contributed by atoms with Gasteiger partial charge in [0.25, 0.3) is 0 Å². The van der Waals surface area contributed by atoms with Crippen molar-refractivity contribution in [2.24, 2.45) is 11.3 Å². The standard InChI is InChI=1S/C15H20O4/c1-9(7-16)15(19)8-14(3)10(2)12(17)5-4-11(14)6-13(15)18/h4-6,10,13,16,18-19H,1,7-8H2,2-3H3. The minimum atomic E-state index is -1.59. The van der Waals surface area contributed by atoms with Crippen molar-refractivity contribution in [2.45, 2.75) is 32.0 Å². The van der Waals surface area contributed by atoms with Crippen molar-refractivity contribution in [1.82, 2.24) is 0 Å². The van der Waals surface area contributed by atoms with Crippen LogP contribution in [0.4, 0.5) is 0 Å². The van der Waals surface area contributed by atoms with E-state index in [1.807, 2.05) is 13.8 Å². The van der Waals surface area contributed by atoms with E-state index < -0.39 is 23.7 Å². The molecule has 0 aliphatic heterocycles. The van der Waals surface area contributed by atoms with Crippen LogP contribution >= 0.6 is 0 Å². The van der Waals surface area contributed by atoms with E-state index in [-0.39, 0.29) is 23.7 Å². The normalized spacial score (nSPS) is 41.7. The average molecular weight is 264 g/mol. The highest BCUT2D eigenvalue weighted by molar-refractivity contribution is 5.94. The summed E-state index contributed by atoms with van der Waals surface area (Å²) >= 11 is 0. The predicted molar refractivity (Wildman–Crippen MR) is 71.3 cm³/mol. The zero-order valence-corrected chi connectivity index (χ0v) is 11.3. The lowest BCUT2D eigenvalue weighted by Gasteiger charge is -2.49. The Kier molecular flexibility index (Phi) is 3.29. The first-order chi connectivity index (χ1) is 8.75. The van der Waals surface area contributed by atoms with E-state index in [0.29, 0.717) is 0 Å². The quantitative estimate of drug-likeness (QED) is 0.643. The lowest BCUT2D eigenvalue weighted by Crippen LogP contribution is -2.54. The van der Waals surface area contributed by atoms with Gasteiger partial charge in [-0.2, -0.15) is 0 Å². The molecule has 0 bridgehead atoms. The van der Waals surface area contributed by atoms with Crippen LogP contribution in [-0.2, 0) is 4.79 Å². The molecular formula is C15H20O4. The van der Waals surface area contributed by atoms with Crippen LogP contribution in [0.5, 0.6) is 0 Å². The fourth-order valence-corrected chi connectivity index (χ4v) is 3.02. The van der Waals surface area contributed by atoms with E-state index >= 15 is 0 Å². The first-order valence-corrected chi connectivity index (χ1v) is 6.39. The molecule has 3 N–H and O–H groups in total. The van der Waals surface area contributed by atoms with Crippen molar-refractivity contribution in [3.8, 4) is 0 Å². The van der Waals surface area contributed by atoms with Gasteiger partial charge in [0.05, 0.1) is 6.61 Å². The zero-order chi connectivity index (χ0) is 14.4. The number of aliphatic hydroxyl groups is 3. The zero-order valence-electron chi connectivity index (χ0n) is 11.3. The Morgan fingerprint density at radius 2 is 2.16 bits per heavy atom. The molecule has 0 fully saturated rings. The van der Waals surface area contributed by atoms with E-state index in [1.165, 1.54) is 6.08 Å². The Labute approximate surface area is 112 Å². The summed E-state index contributed by atoms with van der Waals surface area (Å²) in [6.45, 7) is 6.96. The van der Waals surface area contributed by atoms with Gasteiger partial charge in [-0.25, -0.2) is 0 Å². The van der Waals surface area contributed by atoms with Crippen LogP contribution in [0.3, 0.4) is 0 Å². The first-order valence-electron chi connectivity index (χ1n) is 6.39. The summed E-state index contributed by atoms with van der Waals surface area (Å²) in [5, 5.41) is 29.9. The molecule has 4 heteroatoms. The molecule has 0 aromatic heterocycles. The molecule has 19 heavy (non-hydrogen) atoms. The fourth-order valence-electron chi connectivity index (χ4n) is 3.02. The van der Waals surface area contributed by atoms with Crippen LogP contribution in [0.25, 0.3) is 0 Å². The third-order valence-electron chi connectivity index (χ3n) is 4.74. The average Bonchev–Trinajstić information content (AvgIpc) is 2.37. The predicted octanol–water partition coefficient (Wildman–Crippen LogP) is 0.738. The van der Waals surface area contributed by atoms with Gasteiger partial charge in [0.1, 0.15) is 11.7 Å². The summed E-state index contributed by atoms with van der Waals surface area (Å²) in [5.41, 5.74) is -1.13. The van der Waals surface area contributed by atoms with Crippen LogP contribution in [0, 0.1) is 11.3 Å². The van der Waals surface area contributed by atoms with Gasteiger partial charge >= 0.3 is 0 Å². The molecule has 0 spiro atoms. The fraction of sp³-hybridized carbons (Fsp3) is 0.533. The van der Waals surface area contributed by atoms with E-state index in [0.717, 1.165) is 5.57 Å². The van der Waals surface area contributed by atoms with Crippen LogP contribution in [0.2, 0.25) is 0 Å². The molecule has 0 heterocycles. The highest BCUT2D eigenvalue weighted by Crippen LogP contribution is 2.51. The Morgan fingerprint density at radius 3 is 2.74 bits per heavy atom. The number of fused-ring (bicyclic) bond motifs is 1. The minimum Gasteiger partial charge on any atom is -0.392 e. The molecule has 104 valence electrons. The van der Waals surface area contributed by atoms with Crippen LogP contribution in [0.15, 0.2) is 36.0 Å². The number of carbonyl (C=O) groups is 1. The number of carbonyl (C=O) groups excluding carboxylic acids is 1. The number of rotatable bonds is 2. The van der Waals surface area contributed by atoms with Crippen LogP contribution < -0.4 is 0 Å². The Hall–Kier alpha value is -1.23. The van der Waals surface area contributed by atoms with Gasteiger partial charge in [0.15, 0.2) is 5.78 Å². The molecule has 2 rings (SSSR count). The van der Waals surface area contributed by atoms with Gasteiger partial charge < -0.3 is 15.3 Å². The molecule has 0 saturated heterocycles. The summed E-state index contributed by atoms with van der Waals surface area (Å²) in [6, 6.07) is 0. The smallest absolute Gasteiger partial charge is 0.159 e. The third-order valence-corrected chi connectivity index (χ3v) is 4.74. The van der Waals surface area contributed by atoms with Gasteiger partial charge in [-0.3, -0.25) is 4.79 Å². The maximum atomic E-state index is 11.9. The highest BCUT2D eigenvalue weighted by Gasteiger charge is 2.52. The van der Waals surface area contributed by atoms with E-state index in [1.54, 1.807) is 12.2 Å². The molecule has 0 aromatic rings. The summed E-state index contributed by atoms with van der Waals surface area (Å²) < 4.78 is 0. The van der Waals surface area contributed by atoms with Crippen LogP contribution in [-0.4, -0.2) is 39.4 Å². The lowest BCUT2D eigenvalue weighted by molar-refractivity contribution is -0.124. The van der Waals surface area contributed by atoms with Crippen molar-refractivity contribution < 1.29 is 20.1 Å². The maximum Gasteiger partial charge on any atom is 0.159 e. The van der Waals surface area contributed by atoms with E-state index in [4.69, 9.17) is 0 Å². The highest BCUT2D eigenvalue weighted by atomic mass is 16.3. The minimum absolute atomic E-state index is 0.00741. The van der Waals surface area contributed by atoms with E-state index in [2.05, 4.69) is 6.58 Å². The van der Waals surface area contributed by atoms with Gasteiger partial charge in [-0.15, -0.1) is 0 Å². The number of allylic oxidation sites excluding steroid dienone is 3. The third kappa shape index (κ3) is 1.91. The maximum absolute atomic E-state index is 11.9. The number of hydrogen-bond donors (Lipinski definition) is 3. The second-order valence-corrected chi connectivity index (χ2v) is 5.80. The van der Waals surface area contributed by atoms with Crippen molar-refractivity contribution in [3.05, 3.63) is 36.0 Å². The van der Waals surface area contributed by atoms with Gasteiger partial charge in [-0.1, -0.05) is 26.5 Å². The largest absolute Gasteiger partial charge is 0.392 e. The molecule has 0 aromatic carbocycles. The van der Waals surface area contributed by atoms with Crippen molar-refractivity contribution in [3.63, 3.8) is 0 Å². The molecule has 4 unspecified atom stereocenters. The van der Waals surface area contributed by atoms with Crippen molar-refractivity contribution in [1.29, 1.82) is 0 Å². The topological polar surface area (TPSA) is 77.8 Å². The molecule has 2 aliphatic rings.